The molecule has 6 nitrogen and oxygen atoms in total. The van der Waals surface area contributed by atoms with Crippen molar-refractivity contribution in [2.75, 3.05) is 7.11 Å². The number of primary sulfonamides is 1. The molecule has 2 rings (SSSR count). The van der Waals surface area contributed by atoms with Crippen LogP contribution in [0.1, 0.15) is 15.9 Å². The third kappa shape index (κ3) is 4.27. The summed E-state index contributed by atoms with van der Waals surface area (Å²) in [7, 11) is -2.77. The number of hydrogen-bond acceptors (Lipinski definition) is 5. The first-order valence-corrected chi connectivity index (χ1v) is 7.98. The maximum absolute atomic E-state index is 13.0. The Labute approximate surface area is 132 Å². The van der Waals surface area contributed by atoms with Gasteiger partial charge in [0.15, 0.2) is 0 Å². The molecule has 0 radical (unpaired) electrons. The van der Waals surface area contributed by atoms with Gasteiger partial charge in [0.05, 0.1) is 12.7 Å². The third-order valence-electron chi connectivity index (χ3n) is 2.96. The molecule has 0 heterocycles. The highest BCUT2D eigenvalue weighted by molar-refractivity contribution is 7.89. The van der Waals surface area contributed by atoms with Gasteiger partial charge in [-0.15, -0.1) is 0 Å². The van der Waals surface area contributed by atoms with Crippen molar-refractivity contribution >= 4 is 16.0 Å². The van der Waals surface area contributed by atoms with Gasteiger partial charge >= 0.3 is 5.97 Å². The van der Waals surface area contributed by atoms with Gasteiger partial charge in [-0.1, -0.05) is 12.1 Å². The van der Waals surface area contributed by atoms with Crippen LogP contribution in [0.5, 0.6) is 5.75 Å². The van der Waals surface area contributed by atoms with Gasteiger partial charge in [-0.2, -0.15) is 0 Å². The van der Waals surface area contributed by atoms with E-state index in [9.17, 15) is 17.6 Å². The number of esters is 1. The van der Waals surface area contributed by atoms with Crippen molar-refractivity contribution < 1.29 is 27.1 Å². The molecule has 0 amide bonds. The standard InChI is InChI=1S/C15H14FNO5S/c1-21-13-6-5-11(8-14(13)23(17,19)20)15(18)22-9-10-3-2-4-12(16)7-10/h2-8H,9H2,1H3,(H2,17,19,20). The van der Waals surface area contributed by atoms with E-state index in [1.165, 1.54) is 37.4 Å². The molecule has 2 aromatic rings. The number of carbonyl (C=O) groups is 1. The smallest absolute Gasteiger partial charge is 0.338 e. The Morgan fingerprint density at radius 3 is 2.57 bits per heavy atom. The number of benzene rings is 2. The second kappa shape index (κ2) is 6.76. The monoisotopic (exact) mass is 339 g/mol. The van der Waals surface area contributed by atoms with E-state index < -0.39 is 21.8 Å². The fourth-order valence-electron chi connectivity index (χ4n) is 1.88. The summed E-state index contributed by atoms with van der Waals surface area (Å²) in [6.45, 7) is -0.146. The number of ether oxygens (including phenoxy) is 2. The van der Waals surface area contributed by atoms with E-state index in [0.717, 1.165) is 6.07 Å². The van der Waals surface area contributed by atoms with Gasteiger partial charge < -0.3 is 9.47 Å². The number of halogens is 1. The zero-order chi connectivity index (χ0) is 17.0. The number of nitrogens with two attached hydrogens (primary N) is 1. The Balaban J connectivity index is 2.20. The summed E-state index contributed by atoms with van der Waals surface area (Å²) < 4.78 is 46.0. The lowest BCUT2D eigenvalue weighted by atomic mass is 10.2. The summed E-state index contributed by atoms with van der Waals surface area (Å²) in [5.41, 5.74) is 0.463. The second-order valence-electron chi connectivity index (χ2n) is 4.62. The van der Waals surface area contributed by atoms with Crippen LogP contribution in [0.25, 0.3) is 0 Å². The van der Waals surface area contributed by atoms with Crippen LogP contribution in [-0.4, -0.2) is 21.5 Å². The van der Waals surface area contributed by atoms with Crippen LogP contribution in [0.15, 0.2) is 47.4 Å². The zero-order valence-electron chi connectivity index (χ0n) is 12.2. The van der Waals surface area contributed by atoms with Gasteiger partial charge in [0.2, 0.25) is 10.0 Å². The third-order valence-corrected chi connectivity index (χ3v) is 3.90. The number of methoxy groups -OCH3 is 1. The average molecular weight is 339 g/mol. The fourth-order valence-corrected chi connectivity index (χ4v) is 2.61. The highest BCUT2D eigenvalue weighted by Gasteiger charge is 2.18. The molecule has 2 aromatic carbocycles. The SMILES string of the molecule is COc1ccc(C(=O)OCc2cccc(F)c2)cc1S(N)(=O)=O. The molecule has 23 heavy (non-hydrogen) atoms. The highest BCUT2D eigenvalue weighted by atomic mass is 32.2. The van der Waals surface area contributed by atoms with Gasteiger partial charge in [-0.05, 0) is 35.9 Å². The Kier molecular flexibility index (Phi) is 4.97. The van der Waals surface area contributed by atoms with E-state index in [1.807, 2.05) is 0 Å². The van der Waals surface area contributed by atoms with Crippen molar-refractivity contribution in [2.24, 2.45) is 5.14 Å². The molecule has 0 fully saturated rings. The molecule has 0 bridgehead atoms. The van der Waals surface area contributed by atoms with Crippen molar-refractivity contribution in [1.82, 2.24) is 0 Å². The lowest BCUT2D eigenvalue weighted by Crippen LogP contribution is -2.15. The molecule has 2 N–H and O–H groups in total. The molecule has 0 saturated heterocycles. The van der Waals surface area contributed by atoms with Crippen LogP contribution in [0.4, 0.5) is 4.39 Å². The molecule has 0 aliphatic rings. The van der Waals surface area contributed by atoms with Crippen LogP contribution in [0.3, 0.4) is 0 Å². The number of rotatable bonds is 5. The Bertz CT molecular complexity index is 836. The van der Waals surface area contributed by atoms with Crippen LogP contribution in [0.2, 0.25) is 0 Å². The minimum absolute atomic E-state index is 0.00812. The number of carbonyl (C=O) groups excluding carboxylic acids is 1. The summed E-state index contributed by atoms with van der Waals surface area (Å²) in [4.78, 5) is 11.7. The average Bonchev–Trinajstić information content (AvgIpc) is 2.51. The maximum atomic E-state index is 13.0. The van der Waals surface area contributed by atoms with Crippen molar-refractivity contribution in [3.8, 4) is 5.75 Å². The Morgan fingerprint density at radius 2 is 1.96 bits per heavy atom. The molecule has 0 saturated carbocycles. The maximum Gasteiger partial charge on any atom is 0.338 e. The first-order valence-electron chi connectivity index (χ1n) is 6.43. The van der Waals surface area contributed by atoms with E-state index >= 15 is 0 Å². The van der Waals surface area contributed by atoms with E-state index in [1.54, 1.807) is 6.07 Å². The molecule has 122 valence electrons. The molecule has 0 aliphatic carbocycles. The van der Waals surface area contributed by atoms with Crippen LogP contribution < -0.4 is 9.88 Å². The minimum Gasteiger partial charge on any atom is -0.495 e. The second-order valence-corrected chi connectivity index (χ2v) is 6.15. The molecule has 0 spiro atoms. The van der Waals surface area contributed by atoms with E-state index in [0.29, 0.717) is 5.56 Å². The van der Waals surface area contributed by atoms with E-state index in [4.69, 9.17) is 14.6 Å². The first kappa shape index (κ1) is 16.9. The molecule has 0 aliphatic heterocycles. The summed E-state index contributed by atoms with van der Waals surface area (Å²) in [6.07, 6.45) is 0. The predicted molar refractivity (Wildman–Crippen MR) is 79.9 cm³/mol. The largest absolute Gasteiger partial charge is 0.495 e. The molecule has 0 aromatic heterocycles. The first-order chi connectivity index (χ1) is 10.8. The van der Waals surface area contributed by atoms with Gasteiger partial charge in [-0.3, -0.25) is 0 Å². The van der Waals surface area contributed by atoms with Gasteiger partial charge in [0, 0.05) is 0 Å². The van der Waals surface area contributed by atoms with Gasteiger partial charge in [-0.25, -0.2) is 22.7 Å². The van der Waals surface area contributed by atoms with Gasteiger partial charge in [0.1, 0.15) is 23.1 Å². The summed E-state index contributed by atoms with van der Waals surface area (Å²) in [5.74, 6) is -1.18. The summed E-state index contributed by atoms with van der Waals surface area (Å²) in [6, 6.07) is 9.32. The Morgan fingerprint density at radius 1 is 1.22 bits per heavy atom. The molecule has 8 heteroatoms. The molecule has 0 atom stereocenters. The molecular formula is C15H14FNO5S. The van der Waals surface area contributed by atoms with Crippen molar-refractivity contribution in [2.45, 2.75) is 11.5 Å². The predicted octanol–water partition coefficient (Wildman–Crippen LogP) is 1.84. The lowest BCUT2D eigenvalue weighted by Gasteiger charge is -2.09. The number of sulfonamides is 1. The fraction of sp³-hybridized carbons (Fsp3) is 0.133. The van der Waals surface area contributed by atoms with Crippen LogP contribution in [-0.2, 0) is 21.4 Å². The highest BCUT2D eigenvalue weighted by Crippen LogP contribution is 2.24. The quantitative estimate of drug-likeness (QED) is 0.839. The lowest BCUT2D eigenvalue weighted by molar-refractivity contribution is 0.0472. The van der Waals surface area contributed by atoms with E-state index in [2.05, 4.69) is 0 Å². The minimum atomic E-state index is -4.06. The Hall–Kier alpha value is -2.45. The normalized spacial score (nSPS) is 11.1. The topological polar surface area (TPSA) is 95.7 Å². The van der Waals surface area contributed by atoms with Crippen molar-refractivity contribution in [3.05, 3.63) is 59.4 Å². The zero-order valence-corrected chi connectivity index (χ0v) is 13.0. The van der Waals surface area contributed by atoms with E-state index in [-0.39, 0.29) is 22.8 Å². The van der Waals surface area contributed by atoms with Crippen molar-refractivity contribution in [3.63, 3.8) is 0 Å². The number of hydrogen-bond donors (Lipinski definition) is 1. The van der Waals surface area contributed by atoms with Crippen molar-refractivity contribution in [1.29, 1.82) is 0 Å². The summed E-state index contributed by atoms with van der Waals surface area (Å²) in [5, 5.41) is 5.08. The van der Waals surface area contributed by atoms with Crippen LogP contribution >= 0.6 is 0 Å². The van der Waals surface area contributed by atoms with Gasteiger partial charge in [0.25, 0.3) is 0 Å². The molecule has 0 unspecified atom stereocenters. The molecular weight excluding hydrogens is 325 g/mol. The summed E-state index contributed by atoms with van der Waals surface area (Å²) >= 11 is 0. The van der Waals surface area contributed by atoms with Crippen LogP contribution in [0, 0.1) is 5.82 Å².